The molecule has 7 heteroatoms. The van der Waals surface area contributed by atoms with E-state index in [2.05, 4.69) is 15.9 Å². The summed E-state index contributed by atoms with van der Waals surface area (Å²) in [7, 11) is 1.53. The van der Waals surface area contributed by atoms with Gasteiger partial charge in [-0.05, 0) is 40.2 Å². The van der Waals surface area contributed by atoms with Gasteiger partial charge >= 0.3 is 6.03 Å². The topological polar surface area (TPSA) is 23.6 Å². The Kier molecular flexibility index (Phi) is 4.06. The zero-order valence-electron chi connectivity index (χ0n) is 12.1. The largest absolute Gasteiger partial charge is 0.324 e. The summed E-state index contributed by atoms with van der Waals surface area (Å²) < 4.78 is 41.0. The molecule has 0 radical (unpaired) electrons. The molecule has 1 unspecified atom stereocenters. The smallest absolute Gasteiger partial charge is 0.318 e. The molecule has 3 rings (SSSR count). The monoisotopic (exact) mass is 384 g/mol. The van der Waals surface area contributed by atoms with E-state index in [1.807, 2.05) is 0 Å². The molecular weight excluding hydrogens is 373 g/mol. The quantitative estimate of drug-likeness (QED) is 0.748. The molecule has 0 aliphatic carbocycles. The minimum Gasteiger partial charge on any atom is -0.318 e. The standard InChI is InChI=1S/C16H12BrF3N2O/c1-21-15(11-4-2-9(18)6-13(11)19)8-22(16(21)23)10-3-5-12(17)14(20)7-10/h2-7,15H,8H2,1H3. The average molecular weight is 385 g/mol. The van der Waals surface area contributed by atoms with Crippen LogP contribution in [0.2, 0.25) is 0 Å². The van der Waals surface area contributed by atoms with E-state index in [1.165, 1.54) is 35.0 Å². The van der Waals surface area contributed by atoms with Gasteiger partial charge in [0, 0.05) is 24.4 Å². The number of carbonyl (C=O) groups is 1. The van der Waals surface area contributed by atoms with Gasteiger partial charge in [0.2, 0.25) is 0 Å². The van der Waals surface area contributed by atoms with Gasteiger partial charge in [-0.3, -0.25) is 4.90 Å². The van der Waals surface area contributed by atoms with Crippen LogP contribution >= 0.6 is 15.9 Å². The van der Waals surface area contributed by atoms with E-state index in [1.54, 1.807) is 6.07 Å². The van der Waals surface area contributed by atoms with E-state index in [9.17, 15) is 18.0 Å². The molecule has 0 aromatic heterocycles. The van der Waals surface area contributed by atoms with Crippen LogP contribution in [0.4, 0.5) is 23.7 Å². The lowest BCUT2D eigenvalue weighted by Crippen LogP contribution is -2.29. The van der Waals surface area contributed by atoms with Crippen molar-refractivity contribution in [3.05, 3.63) is 63.9 Å². The number of rotatable bonds is 2. The number of likely N-dealkylation sites (N-methyl/N-ethyl adjacent to an activating group) is 1. The highest BCUT2D eigenvalue weighted by Crippen LogP contribution is 2.34. The molecule has 3 nitrogen and oxygen atoms in total. The van der Waals surface area contributed by atoms with E-state index in [0.29, 0.717) is 10.2 Å². The summed E-state index contributed by atoms with van der Waals surface area (Å²) in [6.07, 6.45) is 0. The molecule has 1 aliphatic heterocycles. The number of nitrogens with zero attached hydrogens (tertiary/aromatic N) is 2. The Labute approximate surface area is 139 Å². The number of hydrogen-bond donors (Lipinski definition) is 0. The maximum Gasteiger partial charge on any atom is 0.324 e. The minimum absolute atomic E-state index is 0.152. The molecule has 0 N–H and O–H groups in total. The van der Waals surface area contributed by atoms with Gasteiger partial charge in [-0.1, -0.05) is 6.07 Å². The third-order valence-corrected chi connectivity index (χ3v) is 4.54. The predicted molar refractivity (Wildman–Crippen MR) is 83.7 cm³/mol. The summed E-state index contributed by atoms with van der Waals surface area (Å²) in [6, 6.07) is 6.65. The normalized spacial score (nSPS) is 18.0. The first-order valence-corrected chi connectivity index (χ1v) is 7.62. The number of carbonyl (C=O) groups excluding carboxylic acids is 1. The molecular formula is C16H12BrF3N2O. The molecule has 23 heavy (non-hydrogen) atoms. The fourth-order valence-corrected chi connectivity index (χ4v) is 2.89. The van der Waals surface area contributed by atoms with Crippen molar-refractivity contribution < 1.29 is 18.0 Å². The molecule has 2 aromatic carbocycles. The van der Waals surface area contributed by atoms with Crippen LogP contribution in [0.3, 0.4) is 0 Å². The summed E-state index contributed by atoms with van der Waals surface area (Å²) in [5.41, 5.74) is 0.606. The summed E-state index contributed by atoms with van der Waals surface area (Å²) >= 11 is 3.06. The first kappa shape index (κ1) is 15.9. The fraction of sp³-hybridized carbons (Fsp3) is 0.188. The van der Waals surface area contributed by atoms with Crippen LogP contribution in [0, 0.1) is 17.5 Å². The molecule has 2 aromatic rings. The van der Waals surface area contributed by atoms with Gasteiger partial charge in [-0.25, -0.2) is 18.0 Å². The van der Waals surface area contributed by atoms with Crippen LogP contribution in [-0.4, -0.2) is 24.5 Å². The maximum absolute atomic E-state index is 14.0. The molecule has 1 aliphatic rings. The van der Waals surface area contributed by atoms with Crippen molar-refractivity contribution in [3.8, 4) is 0 Å². The first-order valence-electron chi connectivity index (χ1n) is 6.83. The summed E-state index contributed by atoms with van der Waals surface area (Å²) in [6.45, 7) is 0.152. The molecule has 0 saturated carbocycles. The lowest BCUT2D eigenvalue weighted by atomic mass is 10.1. The minimum atomic E-state index is -0.710. The second-order valence-electron chi connectivity index (χ2n) is 5.28. The molecule has 1 atom stereocenters. The summed E-state index contributed by atoms with van der Waals surface area (Å²) in [5.74, 6) is -1.88. The summed E-state index contributed by atoms with van der Waals surface area (Å²) in [5, 5.41) is 0. The molecule has 2 amide bonds. The number of urea groups is 1. The van der Waals surface area contributed by atoms with Crippen LogP contribution in [-0.2, 0) is 0 Å². The molecule has 1 saturated heterocycles. The Bertz CT molecular complexity index is 784. The third kappa shape index (κ3) is 2.81. The molecule has 120 valence electrons. The molecule has 1 heterocycles. The second-order valence-corrected chi connectivity index (χ2v) is 6.14. The van der Waals surface area contributed by atoms with Crippen molar-refractivity contribution in [3.63, 3.8) is 0 Å². The van der Waals surface area contributed by atoms with Gasteiger partial charge < -0.3 is 4.90 Å². The van der Waals surface area contributed by atoms with Crippen molar-refractivity contribution in [2.24, 2.45) is 0 Å². The van der Waals surface area contributed by atoms with E-state index in [4.69, 9.17) is 0 Å². The highest BCUT2D eigenvalue weighted by Gasteiger charge is 2.37. The number of hydrogen-bond acceptors (Lipinski definition) is 1. The second kappa shape index (κ2) is 5.88. The summed E-state index contributed by atoms with van der Waals surface area (Å²) in [4.78, 5) is 15.1. The highest BCUT2D eigenvalue weighted by atomic mass is 79.9. The molecule has 0 spiro atoms. The van der Waals surface area contributed by atoms with E-state index in [0.717, 1.165) is 12.1 Å². The van der Waals surface area contributed by atoms with E-state index in [-0.39, 0.29) is 18.1 Å². The SMILES string of the molecule is CN1C(=O)N(c2ccc(Br)c(F)c2)CC1c1ccc(F)cc1F. The van der Waals surface area contributed by atoms with Gasteiger partial charge in [-0.2, -0.15) is 0 Å². The van der Waals surface area contributed by atoms with Gasteiger partial charge in [-0.15, -0.1) is 0 Å². The number of amides is 2. The first-order chi connectivity index (χ1) is 10.9. The Hall–Kier alpha value is -2.02. The van der Waals surface area contributed by atoms with Crippen molar-refractivity contribution >= 4 is 27.6 Å². The Morgan fingerprint density at radius 1 is 1.09 bits per heavy atom. The van der Waals surface area contributed by atoms with Crippen LogP contribution in [0.1, 0.15) is 11.6 Å². The van der Waals surface area contributed by atoms with Gasteiger partial charge in [0.25, 0.3) is 0 Å². The van der Waals surface area contributed by atoms with Crippen molar-refractivity contribution in [1.29, 1.82) is 0 Å². The van der Waals surface area contributed by atoms with Crippen LogP contribution in [0.25, 0.3) is 0 Å². The van der Waals surface area contributed by atoms with Crippen LogP contribution in [0.15, 0.2) is 40.9 Å². The molecule has 1 fully saturated rings. The Morgan fingerprint density at radius 2 is 1.83 bits per heavy atom. The molecule has 0 bridgehead atoms. The van der Waals surface area contributed by atoms with Gasteiger partial charge in [0.1, 0.15) is 17.5 Å². The number of anilines is 1. The third-order valence-electron chi connectivity index (χ3n) is 3.89. The van der Waals surface area contributed by atoms with E-state index >= 15 is 0 Å². The zero-order chi connectivity index (χ0) is 16.7. The van der Waals surface area contributed by atoms with Gasteiger partial charge in [0.05, 0.1) is 17.1 Å². The van der Waals surface area contributed by atoms with Crippen molar-refractivity contribution in [2.75, 3.05) is 18.5 Å². The van der Waals surface area contributed by atoms with Crippen molar-refractivity contribution in [1.82, 2.24) is 4.90 Å². The average Bonchev–Trinajstić information content (AvgIpc) is 2.79. The van der Waals surface area contributed by atoms with Crippen molar-refractivity contribution in [2.45, 2.75) is 6.04 Å². The Morgan fingerprint density at radius 3 is 2.48 bits per heavy atom. The van der Waals surface area contributed by atoms with Crippen LogP contribution in [0.5, 0.6) is 0 Å². The number of halogens is 4. The zero-order valence-corrected chi connectivity index (χ0v) is 13.6. The predicted octanol–water partition coefficient (Wildman–Crippen LogP) is 4.48. The fourth-order valence-electron chi connectivity index (χ4n) is 2.64. The Balaban J connectivity index is 1.94. The lowest BCUT2D eigenvalue weighted by Gasteiger charge is -2.18. The van der Waals surface area contributed by atoms with Gasteiger partial charge in [0.15, 0.2) is 0 Å². The lowest BCUT2D eigenvalue weighted by molar-refractivity contribution is 0.218. The highest BCUT2D eigenvalue weighted by molar-refractivity contribution is 9.10. The number of benzene rings is 2. The maximum atomic E-state index is 14.0. The van der Waals surface area contributed by atoms with Crippen LogP contribution < -0.4 is 4.90 Å². The van der Waals surface area contributed by atoms with E-state index < -0.39 is 23.5 Å².